The van der Waals surface area contributed by atoms with E-state index in [1.807, 2.05) is 0 Å². The summed E-state index contributed by atoms with van der Waals surface area (Å²) in [6, 6.07) is 1.81. The van der Waals surface area contributed by atoms with Gasteiger partial charge in [-0.25, -0.2) is 0 Å². The van der Waals surface area contributed by atoms with E-state index in [1.54, 1.807) is 0 Å². The van der Waals surface area contributed by atoms with Gasteiger partial charge in [-0.05, 0) is 56.9 Å². The van der Waals surface area contributed by atoms with E-state index in [0.29, 0.717) is 17.5 Å². The largest absolute Gasteiger partial charge is 0.326 e. The zero-order valence-electron chi connectivity index (χ0n) is 12.8. The first-order valence-electron chi connectivity index (χ1n) is 7.97. The molecule has 2 rings (SSSR count). The molecule has 0 aromatic carbocycles. The van der Waals surface area contributed by atoms with Gasteiger partial charge in [0.1, 0.15) is 0 Å². The molecule has 1 aliphatic carbocycles. The standard InChI is InChI=1S/C16H32N2/c1-5-16(3,4)13-8-9-14(17)15(11-13)18-10-6-7-12(18)2/h12-15H,5-11,17H2,1-4H3. The molecule has 0 spiro atoms. The van der Waals surface area contributed by atoms with Crippen LogP contribution in [0, 0.1) is 11.3 Å². The highest BCUT2D eigenvalue weighted by Gasteiger charge is 2.40. The van der Waals surface area contributed by atoms with Crippen LogP contribution in [0.15, 0.2) is 0 Å². The van der Waals surface area contributed by atoms with E-state index in [-0.39, 0.29) is 0 Å². The molecular formula is C16H32N2. The summed E-state index contributed by atoms with van der Waals surface area (Å²) in [4.78, 5) is 2.71. The molecule has 2 aliphatic rings. The molecule has 0 radical (unpaired) electrons. The van der Waals surface area contributed by atoms with Crippen LogP contribution in [0.2, 0.25) is 0 Å². The van der Waals surface area contributed by atoms with Crippen LogP contribution in [-0.4, -0.2) is 29.6 Å². The quantitative estimate of drug-likeness (QED) is 0.834. The minimum Gasteiger partial charge on any atom is -0.326 e. The lowest BCUT2D eigenvalue weighted by molar-refractivity contribution is 0.0567. The average Bonchev–Trinajstić information content (AvgIpc) is 2.76. The highest BCUT2D eigenvalue weighted by Crippen LogP contribution is 2.42. The molecule has 2 nitrogen and oxygen atoms in total. The first kappa shape index (κ1) is 14.3. The molecule has 2 heteroatoms. The predicted molar refractivity (Wildman–Crippen MR) is 78.6 cm³/mol. The first-order chi connectivity index (χ1) is 8.45. The Morgan fingerprint density at radius 2 is 1.94 bits per heavy atom. The summed E-state index contributed by atoms with van der Waals surface area (Å²) < 4.78 is 0. The highest BCUT2D eigenvalue weighted by atomic mass is 15.2. The molecule has 2 fully saturated rings. The van der Waals surface area contributed by atoms with E-state index in [9.17, 15) is 0 Å². The van der Waals surface area contributed by atoms with E-state index >= 15 is 0 Å². The predicted octanol–water partition coefficient (Wildman–Crippen LogP) is 3.40. The van der Waals surface area contributed by atoms with Gasteiger partial charge in [0.05, 0.1) is 0 Å². The Labute approximate surface area is 113 Å². The van der Waals surface area contributed by atoms with Crippen molar-refractivity contribution in [3.8, 4) is 0 Å². The second kappa shape index (κ2) is 5.50. The van der Waals surface area contributed by atoms with Gasteiger partial charge in [-0.15, -0.1) is 0 Å². The normalized spacial score (nSPS) is 39.2. The third kappa shape index (κ3) is 2.75. The molecule has 1 saturated heterocycles. The Kier molecular flexibility index (Phi) is 4.38. The summed E-state index contributed by atoms with van der Waals surface area (Å²) in [6.07, 6.45) is 7.90. The maximum Gasteiger partial charge on any atom is 0.0252 e. The fourth-order valence-electron chi connectivity index (χ4n) is 4.00. The molecule has 0 amide bonds. The summed E-state index contributed by atoms with van der Waals surface area (Å²) in [6.45, 7) is 10.9. The van der Waals surface area contributed by atoms with Crippen LogP contribution >= 0.6 is 0 Å². The number of hydrogen-bond acceptors (Lipinski definition) is 2. The first-order valence-corrected chi connectivity index (χ1v) is 7.97. The topological polar surface area (TPSA) is 29.3 Å². The van der Waals surface area contributed by atoms with Gasteiger partial charge in [0.15, 0.2) is 0 Å². The summed E-state index contributed by atoms with van der Waals surface area (Å²) >= 11 is 0. The second-order valence-corrected chi connectivity index (χ2v) is 7.31. The van der Waals surface area contributed by atoms with Crippen LogP contribution in [0.4, 0.5) is 0 Å². The maximum absolute atomic E-state index is 6.43. The van der Waals surface area contributed by atoms with E-state index in [2.05, 4.69) is 32.6 Å². The molecule has 0 aromatic heterocycles. The third-order valence-electron chi connectivity index (χ3n) is 5.92. The molecule has 4 unspecified atom stereocenters. The van der Waals surface area contributed by atoms with Crippen molar-refractivity contribution in [1.29, 1.82) is 0 Å². The Hall–Kier alpha value is -0.0800. The number of hydrogen-bond donors (Lipinski definition) is 1. The lowest BCUT2D eigenvalue weighted by atomic mass is 9.67. The second-order valence-electron chi connectivity index (χ2n) is 7.31. The summed E-state index contributed by atoms with van der Waals surface area (Å²) in [5, 5.41) is 0. The minimum atomic E-state index is 0.412. The van der Waals surface area contributed by atoms with Crippen molar-refractivity contribution in [2.75, 3.05) is 6.54 Å². The molecule has 0 bridgehead atoms. The number of likely N-dealkylation sites (tertiary alicyclic amines) is 1. The molecule has 2 N–H and O–H groups in total. The fourth-order valence-corrected chi connectivity index (χ4v) is 4.00. The molecule has 1 aliphatic heterocycles. The van der Waals surface area contributed by atoms with Gasteiger partial charge in [-0.3, -0.25) is 4.90 Å². The van der Waals surface area contributed by atoms with Gasteiger partial charge in [0, 0.05) is 18.1 Å². The van der Waals surface area contributed by atoms with Crippen LogP contribution in [0.1, 0.15) is 66.2 Å². The summed E-state index contributed by atoms with van der Waals surface area (Å²) in [5.74, 6) is 0.861. The maximum atomic E-state index is 6.43. The van der Waals surface area contributed by atoms with Gasteiger partial charge in [-0.1, -0.05) is 27.2 Å². The van der Waals surface area contributed by atoms with Crippen LogP contribution in [-0.2, 0) is 0 Å². The SMILES string of the molecule is CCC(C)(C)C1CCC(N)C(N2CCCC2C)C1. The average molecular weight is 252 g/mol. The number of nitrogens with zero attached hydrogens (tertiary/aromatic N) is 1. The van der Waals surface area contributed by atoms with Crippen molar-refractivity contribution in [3.63, 3.8) is 0 Å². The monoisotopic (exact) mass is 252 g/mol. The lowest BCUT2D eigenvalue weighted by Gasteiger charge is -2.46. The van der Waals surface area contributed by atoms with E-state index in [1.165, 1.54) is 45.1 Å². The van der Waals surface area contributed by atoms with Crippen molar-refractivity contribution >= 4 is 0 Å². The molecule has 4 atom stereocenters. The smallest absolute Gasteiger partial charge is 0.0252 e. The Balaban J connectivity index is 2.05. The highest BCUT2D eigenvalue weighted by molar-refractivity contribution is 4.96. The number of rotatable bonds is 3. The fraction of sp³-hybridized carbons (Fsp3) is 1.00. The van der Waals surface area contributed by atoms with Crippen molar-refractivity contribution < 1.29 is 0 Å². The molecule has 106 valence electrons. The van der Waals surface area contributed by atoms with Gasteiger partial charge >= 0.3 is 0 Å². The van der Waals surface area contributed by atoms with Gasteiger partial charge in [0.2, 0.25) is 0 Å². The Morgan fingerprint density at radius 1 is 1.22 bits per heavy atom. The zero-order chi connectivity index (χ0) is 13.3. The summed E-state index contributed by atoms with van der Waals surface area (Å²) in [7, 11) is 0. The lowest BCUT2D eigenvalue weighted by Crippen LogP contribution is -2.53. The van der Waals surface area contributed by atoms with E-state index < -0.39 is 0 Å². The van der Waals surface area contributed by atoms with Crippen molar-refractivity contribution in [1.82, 2.24) is 4.90 Å². The van der Waals surface area contributed by atoms with Crippen LogP contribution in [0.25, 0.3) is 0 Å². The number of nitrogens with two attached hydrogens (primary N) is 1. The van der Waals surface area contributed by atoms with Crippen molar-refractivity contribution in [2.24, 2.45) is 17.1 Å². The van der Waals surface area contributed by atoms with E-state index in [0.717, 1.165) is 12.0 Å². The minimum absolute atomic E-state index is 0.412. The van der Waals surface area contributed by atoms with Gasteiger partial charge in [-0.2, -0.15) is 0 Å². The van der Waals surface area contributed by atoms with Crippen molar-refractivity contribution in [3.05, 3.63) is 0 Å². The Bertz CT molecular complexity index is 274. The van der Waals surface area contributed by atoms with Gasteiger partial charge in [0.25, 0.3) is 0 Å². The summed E-state index contributed by atoms with van der Waals surface area (Å²) in [5.41, 5.74) is 6.91. The Morgan fingerprint density at radius 3 is 2.50 bits per heavy atom. The molecule has 0 aromatic rings. The molecular weight excluding hydrogens is 220 g/mol. The van der Waals surface area contributed by atoms with E-state index in [4.69, 9.17) is 5.73 Å². The van der Waals surface area contributed by atoms with Gasteiger partial charge < -0.3 is 5.73 Å². The molecule has 1 saturated carbocycles. The van der Waals surface area contributed by atoms with Crippen LogP contribution in [0.5, 0.6) is 0 Å². The van der Waals surface area contributed by atoms with Crippen LogP contribution in [0.3, 0.4) is 0 Å². The molecule has 1 heterocycles. The molecule has 18 heavy (non-hydrogen) atoms. The van der Waals surface area contributed by atoms with Crippen molar-refractivity contribution in [2.45, 2.75) is 84.3 Å². The zero-order valence-corrected chi connectivity index (χ0v) is 12.8. The van der Waals surface area contributed by atoms with Crippen LogP contribution < -0.4 is 5.73 Å². The third-order valence-corrected chi connectivity index (χ3v) is 5.92.